The van der Waals surface area contributed by atoms with Crippen molar-refractivity contribution < 1.29 is 14.6 Å². The van der Waals surface area contributed by atoms with Crippen LogP contribution in [-0.4, -0.2) is 50.8 Å². The number of aliphatic hydroxyl groups excluding tert-OH is 1. The standard InChI is InChI=1S/C21H28N4O4/c1-11-5-4-6-16(11)25-19-14(12(2)18(13(3)26)20(25)28)9-22-21(24-19)23-15-7-8-29-10-17(15)27/h9,11,15-17,27H,4-8,10H2,1-3H3,(H,22,23,24)/t11-,15-,16+,17+/m0/s1. The van der Waals surface area contributed by atoms with E-state index in [2.05, 4.69) is 22.2 Å². The zero-order valence-corrected chi connectivity index (χ0v) is 17.1. The van der Waals surface area contributed by atoms with E-state index < -0.39 is 6.10 Å². The number of Topliss-reactive ketones (excluding diaryl/α,β-unsaturated/α-hetero) is 1. The van der Waals surface area contributed by atoms with E-state index in [1.165, 1.54) is 6.92 Å². The smallest absolute Gasteiger partial charge is 0.263 e. The van der Waals surface area contributed by atoms with E-state index in [1.807, 2.05) is 0 Å². The molecule has 2 aliphatic rings. The van der Waals surface area contributed by atoms with Crippen molar-refractivity contribution in [2.75, 3.05) is 18.5 Å². The van der Waals surface area contributed by atoms with Gasteiger partial charge in [-0.3, -0.25) is 14.2 Å². The highest BCUT2D eigenvalue weighted by atomic mass is 16.5. The van der Waals surface area contributed by atoms with Crippen LogP contribution in [0.25, 0.3) is 11.0 Å². The molecule has 0 spiro atoms. The van der Waals surface area contributed by atoms with Gasteiger partial charge >= 0.3 is 0 Å². The number of aromatic nitrogens is 3. The summed E-state index contributed by atoms with van der Waals surface area (Å²) in [4.78, 5) is 34.7. The van der Waals surface area contributed by atoms with Crippen molar-refractivity contribution in [3.63, 3.8) is 0 Å². The predicted octanol–water partition coefficient (Wildman–Crippen LogP) is 2.23. The van der Waals surface area contributed by atoms with Crippen LogP contribution in [0.1, 0.15) is 61.5 Å². The number of aliphatic hydroxyl groups is 1. The molecule has 2 N–H and O–H groups in total. The molecule has 2 aromatic heterocycles. The van der Waals surface area contributed by atoms with Gasteiger partial charge in [-0.25, -0.2) is 4.98 Å². The lowest BCUT2D eigenvalue weighted by Gasteiger charge is -2.28. The largest absolute Gasteiger partial charge is 0.389 e. The molecule has 1 saturated carbocycles. The zero-order chi connectivity index (χ0) is 20.7. The van der Waals surface area contributed by atoms with Crippen LogP contribution < -0.4 is 10.9 Å². The van der Waals surface area contributed by atoms with E-state index in [4.69, 9.17) is 4.74 Å². The average Bonchev–Trinajstić information content (AvgIpc) is 3.09. The van der Waals surface area contributed by atoms with Crippen LogP contribution in [0.5, 0.6) is 0 Å². The van der Waals surface area contributed by atoms with E-state index in [-0.39, 0.29) is 35.6 Å². The second-order valence-corrected chi connectivity index (χ2v) is 8.32. The first-order valence-corrected chi connectivity index (χ1v) is 10.3. The van der Waals surface area contributed by atoms with Gasteiger partial charge in [0.2, 0.25) is 5.95 Å². The molecule has 0 aromatic carbocycles. The Kier molecular flexibility index (Phi) is 5.40. The fraction of sp³-hybridized carbons (Fsp3) is 0.619. The quantitative estimate of drug-likeness (QED) is 0.758. The van der Waals surface area contributed by atoms with Gasteiger partial charge in [-0.1, -0.05) is 13.3 Å². The van der Waals surface area contributed by atoms with Gasteiger partial charge in [-0.15, -0.1) is 0 Å². The molecule has 156 valence electrons. The lowest BCUT2D eigenvalue weighted by Crippen LogP contribution is -2.42. The van der Waals surface area contributed by atoms with Gasteiger partial charge in [0, 0.05) is 24.2 Å². The van der Waals surface area contributed by atoms with Gasteiger partial charge in [-0.05, 0) is 44.6 Å². The number of carbonyl (C=O) groups excluding carboxylic acids is 1. The van der Waals surface area contributed by atoms with Crippen molar-refractivity contribution in [2.45, 2.75) is 64.6 Å². The maximum Gasteiger partial charge on any atom is 0.263 e. The van der Waals surface area contributed by atoms with E-state index >= 15 is 0 Å². The predicted molar refractivity (Wildman–Crippen MR) is 109 cm³/mol. The Morgan fingerprint density at radius 3 is 2.79 bits per heavy atom. The van der Waals surface area contributed by atoms with Gasteiger partial charge in [0.15, 0.2) is 5.78 Å². The summed E-state index contributed by atoms with van der Waals surface area (Å²) in [5, 5.41) is 14.1. The summed E-state index contributed by atoms with van der Waals surface area (Å²) in [6.45, 7) is 6.19. The van der Waals surface area contributed by atoms with Crippen LogP contribution in [0.3, 0.4) is 0 Å². The maximum absolute atomic E-state index is 13.3. The number of carbonyl (C=O) groups is 1. The molecule has 3 heterocycles. The first-order chi connectivity index (χ1) is 13.9. The second-order valence-electron chi connectivity index (χ2n) is 8.32. The second kappa shape index (κ2) is 7.84. The summed E-state index contributed by atoms with van der Waals surface area (Å²) in [6.07, 6.45) is 4.68. The van der Waals surface area contributed by atoms with E-state index in [9.17, 15) is 14.7 Å². The number of anilines is 1. The molecule has 2 aromatic rings. The molecule has 0 unspecified atom stereocenters. The number of pyridine rings is 1. The van der Waals surface area contributed by atoms with Crippen molar-refractivity contribution in [3.05, 3.63) is 27.7 Å². The van der Waals surface area contributed by atoms with E-state index in [1.54, 1.807) is 17.7 Å². The zero-order valence-electron chi connectivity index (χ0n) is 17.1. The van der Waals surface area contributed by atoms with Crippen LogP contribution in [0.2, 0.25) is 0 Å². The SMILES string of the molecule is CC(=O)c1c(C)c2cnc(N[C@H]3CCOC[C@H]3O)nc2n([C@@H]2CCC[C@@H]2C)c1=O. The van der Waals surface area contributed by atoms with Gasteiger partial charge in [-0.2, -0.15) is 4.98 Å². The topological polar surface area (TPSA) is 106 Å². The summed E-state index contributed by atoms with van der Waals surface area (Å²) in [5.41, 5.74) is 1.13. The fourth-order valence-corrected chi connectivity index (χ4v) is 4.69. The maximum atomic E-state index is 13.3. The van der Waals surface area contributed by atoms with Gasteiger partial charge < -0.3 is 15.2 Å². The van der Waals surface area contributed by atoms with Crippen LogP contribution in [0, 0.1) is 12.8 Å². The third-order valence-corrected chi connectivity index (χ3v) is 6.35. The molecular weight excluding hydrogens is 372 g/mol. The number of nitrogens with one attached hydrogen (secondary N) is 1. The summed E-state index contributed by atoms with van der Waals surface area (Å²) in [6, 6.07) is -0.190. The minimum Gasteiger partial charge on any atom is -0.389 e. The molecule has 4 rings (SSSR count). The number of fused-ring (bicyclic) bond motifs is 1. The Morgan fingerprint density at radius 2 is 2.14 bits per heavy atom. The number of ether oxygens (including phenoxy) is 1. The highest BCUT2D eigenvalue weighted by Gasteiger charge is 2.31. The molecule has 29 heavy (non-hydrogen) atoms. The Bertz CT molecular complexity index is 1000. The molecule has 2 fully saturated rings. The lowest BCUT2D eigenvalue weighted by molar-refractivity contribution is -0.0136. The molecule has 0 amide bonds. The first kappa shape index (κ1) is 20.0. The third-order valence-electron chi connectivity index (χ3n) is 6.35. The number of nitrogens with zero attached hydrogens (tertiary/aromatic N) is 3. The summed E-state index contributed by atoms with van der Waals surface area (Å²) >= 11 is 0. The Hall–Kier alpha value is -2.32. The first-order valence-electron chi connectivity index (χ1n) is 10.3. The number of rotatable bonds is 4. The van der Waals surface area contributed by atoms with Crippen LogP contribution in [0.15, 0.2) is 11.0 Å². The average molecular weight is 400 g/mol. The van der Waals surface area contributed by atoms with Crippen molar-refractivity contribution >= 4 is 22.8 Å². The molecule has 8 heteroatoms. The molecule has 1 saturated heterocycles. The van der Waals surface area contributed by atoms with Gasteiger partial charge in [0.05, 0.1) is 24.3 Å². The van der Waals surface area contributed by atoms with Crippen molar-refractivity contribution in [1.82, 2.24) is 14.5 Å². The normalized spacial score (nSPS) is 27.3. The van der Waals surface area contributed by atoms with Crippen LogP contribution in [-0.2, 0) is 4.74 Å². The van der Waals surface area contributed by atoms with Gasteiger partial charge in [0.25, 0.3) is 5.56 Å². The minimum atomic E-state index is -0.637. The summed E-state index contributed by atoms with van der Waals surface area (Å²) < 4.78 is 6.99. The highest BCUT2D eigenvalue weighted by Crippen LogP contribution is 2.36. The Labute approximate surface area is 169 Å². The Morgan fingerprint density at radius 1 is 1.34 bits per heavy atom. The lowest BCUT2D eigenvalue weighted by atomic mass is 10.0. The van der Waals surface area contributed by atoms with Crippen molar-refractivity contribution in [2.24, 2.45) is 5.92 Å². The van der Waals surface area contributed by atoms with Crippen LogP contribution in [0.4, 0.5) is 5.95 Å². The van der Waals surface area contributed by atoms with Gasteiger partial charge in [0.1, 0.15) is 5.65 Å². The monoisotopic (exact) mass is 400 g/mol. The molecule has 0 radical (unpaired) electrons. The number of aryl methyl sites for hydroxylation is 1. The summed E-state index contributed by atoms with van der Waals surface area (Å²) in [5.74, 6) is 0.473. The Balaban J connectivity index is 1.86. The van der Waals surface area contributed by atoms with E-state index in [0.717, 1.165) is 19.3 Å². The highest BCUT2D eigenvalue weighted by molar-refractivity contribution is 5.99. The summed E-state index contributed by atoms with van der Waals surface area (Å²) in [7, 11) is 0. The minimum absolute atomic E-state index is 0.0140. The van der Waals surface area contributed by atoms with Crippen LogP contribution >= 0.6 is 0 Å². The fourth-order valence-electron chi connectivity index (χ4n) is 4.69. The molecular formula is C21H28N4O4. The molecule has 1 aliphatic heterocycles. The molecule has 0 bridgehead atoms. The van der Waals surface area contributed by atoms with Crippen molar-refractivity contribution in [1.29, 1.82) is 0 Å². The molecule has 8 nitrogen and oxygen atoms in total. The van der Waals surface area contributed by atoms with E-state index in [0.29, 0.717) is 41.5 Å². The number of ketones is 1. The number of hydrogen-bond acceptors (Lipinski definition) is 7. The molecule has 1 aliphatic carbocycles. The van der Waals surface area contributed by atoms with Crippen molar-refractivity contribution in [3.8, 4) is 0 Å². The number of hydrogen-bond donors (Lipinski definition) is 2. The third kappa shape index (κ3) is 3.55. The molecule has 4 atom stereocenters.